The summed E-state index contributed by atoms with van der Waals surface area (Å²) in [5, 5.41) is 23.1. The highest BCUT2D eigenvalue weighted by Crippen LogP contribution is 2.19. The molecule has 8 nitrogen and oxygen atoms in total. The van der Waals surface area contributed by atoms with Gasteiger partial charge in [0.15, 0.2) is 6.10 Å². The van der Waals surface area contributed by atoms with Crippen LogP contribution in [0.1, 0.15) is 5.69 Å². The molecule has 8 heteroatoms. The largest absolute Gasteiger partial charge is 0.479 e. The summed E-state index contributed by atoms with van der Waals surface area (Å²) < 4.78 is 5.98. The van der Waals surface area contributed by atoms with Crippen LogP contribution >= 0.6 is 0 Å². The van der Waals surface area contributed by atoms with E-state index in [9.17, 15) is 14.9 Å². The fraction of sp³-hybridized carbons (Fsp3) is 0.500. The molecule has 1 aromatic heterocycles. The molecule has 0 aliphatic carbocycles. The van der Waals surface area contributed by atoms with Crippen LogP contribution in [0.25, 0.3) is 0 Å². The maximum absolute atomic E-state index is 10.7. The number of rotatable bonds is 5. The lowest BCUT2D eigenvalue weighted by Gasteiger charge is -2.09. The summed E-state index contributed by atoms with van der Waals surface area (Å²) in [7, 11) is 2.75. The van der Waals surface area contributed by atoms with Crippen molar-refractivity contribution in [3.05, 3.63) is 22.0 Å². The lowest BCUT2D eigenvalue weighted by Crippen LogP contribution is -2.26. The lowest BCUT2D eigenvalue weighted by atomic mass is 10.2. The molecule has 0 fully saturated rings. The van der Waals surface area contributed by atoms with Gasteiger partial charge < -0.3 is 9.84 Å². The molecule has 0 radical (unpaired) electrons. The monoisotopic (exact) mass is 229 g/mol. The van der Waals surface area contributed by atoms with E-state index in [2.05, 4.69) is 5.10 Å². The molecule has 0 bridgehead atoms. The van der Waals surface area contributed by atoms with Crippen LogP contribution in [0.3, 0.4) is 0 Å². The minimum absolute atomic E-state index is 0.0986. The van der Waals surface area contributed by atoms with Gasteiger partial charge in [-0.15, -0.1) is 0 Å². The minimum atomic E-state index is -1.17. The lowest BCUT2D eigenvalue weighted by molar-refractivity contribution is -0.385. The first-order chi connectivity index (χ1) is 7.47. The first-order valence-corrected chi connectivity index (χ1v) is 4.38. The normalized spacial score (nSPS) is 12.4. The van der Waals surface area contributed by atoms with E-state index in [4.69, 9.17) is 9.84 Å². The second-order valence-electron chi connectivity index (χ2n) is 3.12. The predicted octanol–water partition coefficient (Wildman–Crippen LogP) is -0.0296. The van der Waals surface area contributed by atoms with Crippen LogP contribution in [0, 0.1) is 10.1 Å². The zero-order valence-corrected chi connectivity index (χ0v) is 8.78. The topological polar surface area (TPSA) is 107 Å². The van der Waals surface area contributed by atoms with Crippen LogP contribution in [-0.4, -0.2) is 39.0 Å². The Bertz CT molecular complexity index is 414. The van der Waals surface area contributed by atoms with Crippen LogP contribution in [-0.2, 0) is 23.0 Å². The van der Waals surface area contributed by atoms with E-state index in [1.807, 2.05) is 0 Å². The fourth-order valence-corrected chi connectivity index (χ4v) is 1.29. The smallest absolute Gasteiger partial charge is 0.333 e. The molecule has 0 saturated carbocycles. The Kier molecular flexibility index (Phi) is 3.56. The van der Waals surface area contributed by atoms with Gasteiger partial charge in [-0.1, -0.05) is 0 Å². The van der Waals surface area contributed by atoms with Gasteiger partial charge in [-0.25, -0.2) is 4.79 Å². The molecule has 0 amide bonds. The van der Waals surface area contributed by atoms with Crippen molar-refractivity contribution >= 4 is 11.7 Å². The summed E-state index contributed by atoms with van der Waals surface area (Å²) in [5.74, 6) is -1.17. The Morgan fingerprint density at radius 2 is 2.44 bits per heavy atom. The van der Waals surface area contributed by atoms with E-state index in [0.717, 1.165) is 6.20 Å². The van der Waals surface area contributed by atoms with E-state index in [0.29, 0.717) is 0 Å². The van der Waals surface area contributed by atoms with Crippen LogP contribution in [0.5, 0.6) is 0 Å². The van der Waals surface area contributed by atoms with Crippen LogP contribution in [0.2, 0.25) is 0 Å². The molecule has 1 unspecified atom stereocenters. The number of aryl methyl sites for hydroxylation is 1. The number of nitro groups is 1. The molecular weight excluding hydrogens is 218 g/mol. The first kappa shape index (κ1) is 12.1. The molecule has 0 saturated heterocycles. The number of hydrogen-bond donors (Lipinski definition) is 1. The van der Waals surface area contributed by atoms with Crippen molar-refractivity contribution in [1.29, 1.82) is 0 Å². The molecule has 1 N–H and O–H groups in total. The summed E-state index contributed by atoms with van der Waals surface area (Å²) in [6.07, 6.45) is -0.128. The second-order valence-corrected chi connectivity index (χ2v) is 3.12. The number of nitrogens with zero attached hydrogens (tertiary/aromatic N) is 3. The average Bonchev–Trinajstić information content (AvgIpc) is 2.56. The zero-order valence-electron chi connectivity index (χ0n) is 8.78. The van der Waals surface area contributed by atoms with Crippen molar-refractivity contribution in [3.8, 4) is 0 Å². The maximum Gasteiger partial charge on any atom is 0.333 e. The molecule has 1 aromatic rings. The third kappa shape index (κ3) is 2.34. The van der Waals surface area contributed by atoms with Gasteiger partial charge in [0.25, 0.3) is 0 Å². The van der Waals surface area contributed by atoms with Gasteiger partial charge in [-0.2, -0.15) is 5.10 Å². The van der Waals surface area contributed by atoms with Crippen LogP contribution < -0.4 is 0 Å². The third-order valence-corrected chi connectivity index (χ3v) is 2.17. The number of carboxylic acids is 1. The van der Waals surface area contributed by atoms with Crippen molar-refractivity contribution in [2.75, 3.05) is 7.11 Å². The SMILES string of the molecule is COC(Cc1c([N+](=O)[O-])cnn1C)C(=O)O. The molecule has 88 valence electrons. The maximum atomic E-state index is 10.7. The van der Waals surface area contributed by atoms with Crippen molar-refractivity contribution in [3.63, 3.8) is 0 Å². The van der Waals surface area contributed by atoms with Gasteiger partial charge in [0.2, 0.25) is 0 Å². The standard InChI is InChI=1S/C8H11N3O5/c1-10-5(3-7(16-2)8(12)13)6(4-9-10)11(14)15/h4,7H,3H2,1-2H3,(H,12,13). The molecule has 1 heterocycles. The van der Waals surface area contributed by atoms with E-state index in [1.54, 1.807) is 0 Å². The molecule has 16 heavy (non-hydrogen) atoms. The van der Waals surface area contributed by atoms with E-state index in [-0.39, 0.29) is 17.8 Å². The van der Waals surface area contributed by atoms with Gasteiger partial charge in [0.1, 0.15) is 11.9 Å². The van der Waals surface area contributed by atoms with E-state index < -0.39 is 17.0 Å². The number of aliphatic carboxylic acids is 1. The average molecular weight is 229 g/mol. The molecule has 1 atom stereocenters. The summed E-state index contributed by atoms with van der Waals surface area (Å²) in [6, 6.07) is 0. The Labute approximate surface area is 90.6 Å². The molecule has 1 rings (SSSR count). The molecule has 0 aliphatic heterocycles. The predicted molar refractivity (Wildman–Crippen MR) is 52.0 cm³/mol. The van der Waals surface area contributed by atoms with E-state index in [1.165, 1.54) is 18.8 Å². The third-order valence-electron chi connectivity index (χ3n) is 2.17. The number of carboxylic acid groups (broad SMARTS) is 1. The van der Waals surface area contributed by atoms with Crippen LogP contribution in [0.15, 0.2) is 6.20 Å². The first-order valence-electron chi connectivity index (χ1n) is 4.38. The highest BCUT2D eigenvalue weighted by Gasteiger charge is 2.25. The molecular formula is C8H11N3O5. The number of aromatic nitrogens is 2. The molecule has 0 aromatic carbocycles. The fourth-order valence-electron chi connectivity index (χ4n) is 1.29. The summed E-state index contributed by atoms with van der Waals surface area (Å²) in [5.41, 5.74) is 0.0186. The number of methoxy groups -OCH3 is 1. The zero-order chi connectivity index (χ0) is 12.3. The van der Waals surface area contributed by atoms with Gasteiger partial charge >= 0.3 is 11.7 Å². The summed E-state index contributed by atoms with van der Waals surface area (Å²) in [6.45, 7) is 0. The quantitative estimate of drug-likeness (QED) is 0.561. The molecule has 0 spiro atoms. The van der Waals surface area contributed by atoms with Crippen molar-refractivity contribution in [2.45, 2.75) is 12.5 Å². The number of ether oxygens (including phenoxy) is 1. The second kappa shape index (κ2) is 4.71. The Morgan fingerprint density at radius 3 is 2.88 bits per heavy atom. The van der Waals surface area contributed by atoms with Crippen molar-refractivity contribution in [2.24, 2.45) is 7.05 Å². The summed E-state index contributed by atoms with van der Waals surface area (Å²) >= 11 is 0. The summed E-state index contributed by atoms with van der Waals surface area (Å²) in [4.78, 5) is 20.8. The van der Waals surface area contributed by atoms with Gasteiger partial charge in [0.05, 0.1) is 4.92 Å². The highest BCUT2D eigenvalue weighted by atomic mass is 16.6. The van der Waals surface area contributed by atoms with Gasteiger partial charge in [-0.3, -0.25) is 14.8 Å². The van der Waals surface area contributed by atoms with Crippen molar-refractivity contribution in [1.82, 2.24) is 9.78 Å². The van der Waals surface area contributed by atoms with Crippen LogP contribution in [0.4, 0.5) is 5.69 Å². The van der Waals surface area contributed by atoms with Gasteiger partial charge in [0, 0.05) is 20.6 Å². The number of carbonyl (C=O) groups is 1. The Morgan fingerprint density at radius 1 is 1.81 bits per heavy atom. The van der Waals surface area contributed by atoms with Gasteiger partial charge in [-0.05, 0) is 0 Å². The Balaban J connectivity index is 2.99. The Hall–Kier alpha value is -1.96. The molecule has 0 aliphatic rings. The number of hydrogen-bond acceptors (Lipinski definition) is 5. The highest BCUT2D eigenvalue weighted by molar-refractivity contribution is 5.72. The minimum Gasteiger partial charge on any atom is -0.479 e. The van der Waals surface area contributed by atoms with E-state index >= 15 is 0 Å². The van der Waals surface area contributed by atoms with Crippen molar-refractivity contribution < 1.29 is 19.6 Å².